The molecule has 0 spiro atoms. The number of hydrogen-bond donors (Lipinski definition) is 1. The molecule has 3 nitrogen and oxygen atoms in total. The van der Waals surface area contributed by atoms with E-state index in [1.807, 2.05) is 30.3 Å². The van der Waals surface area contributed by atoms with Gasteiger partial charge in [-0.25, -0.2) is 4.98 Å². The van der Waals surface area contributed by atoms with Crippen LogP contribution in [0.4, 0.5) is 5.69 Å². The molecule has 19 heavy (non-hydrogen) atoms. The zero-order valence-electron chi connectivity index (χ0n) is 10.2. The first kappa shape index (κ1) is 12.7. The van der Waals surface area contributed by atoms with Crippen LogP contribution >= 0.6 is 33.9 Å². The summed E-state index contributed by atoms with van der Waals surface area (Å²) in [5.41, 5.74) is 8.73. The highest BCUT2D eigenvalue weighted by Gasteiger charge is 2.08. The molecule has 96 valence electrons. The third-order valence-corrected chi connectivity index (χ3v) is 4.84. The van der Waals surface area contributed by atoms with Crippen molar-refractivity contribution in [1.82, 2.24) is 4.98 Å². The molecule has 0 saturated heterocycles. The minimum atomic E-state index is 0.798. The van der Waals surface area contributed by atoms with Crippen LogP contribution in [0.15, 0.2) is 36.4 Å². The van der Waals surface area contributed by atoms with Gasteiger partial charge >= 0.3 is 0 Å². The van der Waals surface area contributed by atoms with Gasteiger partial charge in [0.15, 0.2) is 0 Å². The van der Waals surface area contributed by atoms with Crippen LogP contribution in [-0.4, -0.2) is 12.1 Å². The number of thiazole rings is 1. The monoisotopic (exact) mass is 382 g/mol. The average molecular weight is 382 g/mol. The van der Waals surface area contributed by atoms with Gasteiger partial charge in [0.2, 0.25) is 0 Å². The van der Waals surface area contributed by atoms with Crippen LogP contribution in [0.5, 0.6) is 5.75 Å². The topological polar surface area (TPSA) is 48.1 Å². The van der Waals surface area contributed by atoms with Crippen molar-refractivity contribution in [2.24, 2.45) is 0 Å². The molecule has 2 N–H and O–H groups in total. The SMILES string of the molecule is COc1ccc2nc(-c3ccc(N)c(I)c3)sc2c1. The highest BCUT2D eigenvalue weighted by atomic mass is 127. The zero-order valence-corrected chi connectivity index (χ0v) is 13.2. The van der Waals surface area contributed by atoms with Gasteiger partial charge in [-0.3, -0.25) is 0 Å². The quantitative estimate of drug-likeness (QED) is 0.535. The predicted octanol–water partition coefficient (Wildman–Crippen LogP) is 4.16. The lowest BCUT2D eigenvalue weighted by molar-refractivity contribution is 0.415. The fourth-order valence-corrected chi connectivity index (χ4v) is 3.32. The number of fused-ring (bicyclic) bond motifs is 1. The van der Waals surface area contributed by atoms with Crippen molar-refractivity contribution in [2.45, 2.75) is 0 Å². The number of ether oxygens (including phenoxy) is 1. The van der Waals surface area contributed by atoms with E-state index in [1.54, 1.807) is 18.4 Å². The van der Waals surface area contributed by atoms with E-state index in [9.17, 15) is 0 Å². The summed E-state index contributed by atoms with van der Waals surface area (Å²) in [5, 5.41) is 1.00. The summed E-state index contributed by atoms with van der Waals surface area (Å²) in [6, 6.07) is 11.9. The largest absolute Gasteiger partial charge is 0.497 e. The Morgan fingerprint density at radius 3 is 2.79 bits per heavy atom. The van der Waals surface area contributed by atoms with Crippen LogP contribution in [0.3, 0.4) is 0 Å². The molecule has 0 atom stereocenters. The number of benzene rings is 2. The molecule has 0 aliphatic carbocycles. The van der Waals surface area contributed by atoms with Gasteiger partial charge in [0.1, 0.15) is 10.8 Å². The van der Waals surface area contributed by atoms with Gasteiger partial charge in [0.25, 0.3) is 0 Å². The molecule has 5 heteroatoms. The van der Waals surface area contributed by atoms with E-state index in [1.165, 1.54) is 0 Å². The summed E-state index contributed by atoms with van der Waals surface area (Å²) in [5.74, 6) is 0.856. The maximum atomic E-state index is 5.84. The van der Waals surface area contributed by atoms with E-state index in [0.717, 1.165) is 35.8 Å². The Hall–Kier alpha value is -1.34. The van der Waals surface area contributed by atoms with Crippen molar-refractivity contribution in [3.63, 3.8) is 0 Å². The molecule has 1 heterocycles. The van der Waals surface area contributed by atoms with Crippen molar-refractivity contribution < 1.29 is 4.74 Å². The Labute approximate surface area is 128 Å². The molecule has 0 radical (unpaired) electrons. The highest BCUT2D eigenvalue weighted by Crippen LogP contribution is 2.33. The van der Waals surface area contributed by atoms with Crippen LogP contribution in [0.25, 0.3) is 20.8 Å². The zero-order chi connectivity index (χ0) is 13.4. The van der Waals surface area contributed by atoms with Gasteiger partial charge in [-0.05, 0) is 59.0 Å². The molecule has 0 unspecified atom stereocenters. The van der Waals surface area contributed by atoms with Gasteiger partial charge in [0.05, 0.1) is 17.3 Å². The Morgan fingerprint density at radius 2 is 2.05 bits per heavy atom. The second-order valence-electron chi connectivity index (χ2n) is 4.09. The fourth-order valence-electron chi connectivity index (χ4n) is 1.82. The van der Waals surface area contributed by atoms with Gasteiger partial charge in [0, 0.05) is 14.8 Å². The van der Waals surface area contributed by atoms with Crippen molar-refractivity contribution in [2.75, 3.05) is 12.8 Å². The number of aromatic nitrogens is 1. The fraction of sp³-hybridized carbons (Fsp3) is 0.0714. The Bertz CT molecular complexity index is 754. The summed E-state index contributed by atoms with van der Waals surface area (Å²) in [7, 11) is 1.67. The lowest BCUT2D eigenvalue weighted by Gasteiger charge is -2.00. The summed E-state index contributed by atoms with van der Waals surface area (Å²) < 4.78 is 7.41. The smallest absolute Gasteiger partial charge is 0.124 e. The van der Waals surface area contributed by atoms with E-state index in [-0.39, 0.29) is 0 Å². The summed E-state index contributed by atoms with van der Waals surface area (Å²) in [6.07, 6.45) is 0. The minimum absolute atomic E-state index is 0.798. The Balaban J connectivity index is 2.11. The molecule has 2 aromatic carbocycles. The summed E-state index contributed by atoms with van der Waals surface area (Å²) in [6.45, 7) is 0. The number of rotatable bonds is 2. The van der Waals surface area contributed by atoms with Crippen LogP contribution in [0.2, 0.25) is 0 Å². The number of nitrogens with two attached hydrogens (primary N) is 1. The normalized spacial score (nSPS) is 10.8. The summed E-state index contributed by atoms with van der Waals surface area (Å²) in [4.78, 5) is 4.65. The molecule has 0 aliphatic rings. The van der Waals surface area contributed by atoms with E-state index in [2.05, 4.69) is 33.6 Å². The maximum Gasteiger partial charge on any atom is 0.124 e. The van der Waals surface area contributed by atoms with Crippen molar-refractivity contribution >= 4 is 49.8 Å². The molecule has 3 aromatic rings. The number of anilines is 1. The van der Waals surface area contributed by atoms with Gasteiger partial charge < -0.3 is 10.5 Å². The predicted molar refractivity (Wildman–Crippen MR) is 88.7 cm³/mol. The highest BCUT2D eigenvalue weighted by molar-refractivity contribution is 14.1. The van der Waals surface area contributed by atoms with E-state index < -0.39 is 0 Å². The van der Waals surface area contributed by atoms with Crippen LogP contribution in [0.1, 0.15) is 0 Å². The lowest BCUT2D eigenvalue weighted by atomic mass is 10.2. The van der Waals surface area contributed by atoms with E-state index >= 15 is 0 Å². The van der Waals surface area contributed by atoms with Crippen LogP contribution < -0.4 is 10.5 Å². The third-order valence-electron chi connectivity index (χ3n) is 2.84. The van der Waals surface area contributed by atoms with Crippen molar-refractivity contribution in [3.05, 3.63) is 40.0 Å². The molecule has 1 aromatic heterocycles. The summed E-state index contributed by atoms with van der Waals surface area (Å²) >= 11 is 3.90. The molecule has 3 rings (SSSR count). The molecular weight excluding hydrogens is 371 g/mol. The number of halogens is 1. The molecule has 0 amide bonds. The second-order valence-corrected chi connectivity index (χ2v) is 6.28. The molecule has 0 fully saturated rings. The molecule has 0 saturated carbocycles. The van der Waals surface area contributed by atoms with Gasteiger partial charge in [-0.1, -0.05) is 0 Å². The third kappa shape index (κ3) is 2.40. The van der Waals surface area contributed by atoms with Crippen molar-refractivity contribution in [3.8, 4) is 16.3 Å². The lowest BCUT2D eigenvalue weighted by Crippen LogP contribution is -1.88. The first-order valence-corrected chi connectivity index (χ1v) is 7.57. The number of nitrogens with zero attached hydrogens (tertiary/aromatic N) is 1. The minimum Gasteiger partial charge on any atom is -0.497 e. The molecule has 0 aliphatic heterocycles. The number of methoxy groups -OCH3 is 1. The average Bonchev–Trinajstić information content (AvgIpc) is 2.84. The van der Waals surface area contributed by atoms with Crippen LogP contribution in [0, 0.1) is 3.57 Å². The van der Waals surface area contributed by atoms with Gasteiger partial charge in [-0.15, -0.1) is 11.3 Å². The van der Waals surface area contributed by atoms with Gasteiger partial charge in [-0.2, -0.15) is 0 Å². The second kappa shape index (κ2) is 4.97. The Kier molecular flexibility index (Phi) is 3.32. The van der Waals surface area contributed by atoms with E-state index in [0.29, 0.717) is 0 Å². The standard InChI is InChI=1S/C14H11IN2OS/c1-18-9-3-5-12-13(7-9)19-14(17-12)8-2-4-11(16)10(15)6-8/h2-7H,16H2,1H3. The van der Waals surface area contributed by atoms with Crippen molar-refractivity contribution in [1.29, 1.82) is 0 Å². The first-order chi connectivity index (χ1) is 9.17. The van der Waals surface area contributed by atoms with Crippen LogP contribution in [-0.2, 0) is 0 Å². The molecule has 0 bridgehead atoms. The van der Waals surface area contributed by atoms with E-state index in [4.69, 9.17) is 10.5 Å². The number of hydrogen-bond acceptors (Lipinski definition) is 4. The molecular formula is C14H11IN2OS. The Morgan fingerprint density at radius 1 is 1.21 bits per heavy atom. The number of nitrogen functional groups attached to an aromatic ring is 1. The first-order valence-electron chi connectivity index (χ1n) is 5.67. The maximum absolute atomic E-state index is 5.84.